The van der Waals surface area contributed by atoms with Crippen molar-refractivity contribution in [1.29, 1.82) is 0 Å². The van der Waals surface area contributed by atoms with E-state index in [1.54, 1.807) is 36.4 Å². The number of carbonyl (C=O) groups is 1. The molecule has 1 unspecified atom stereocenters. The van der Waals surface area contributed by atoms with Gasteiger partial charge in [-0.2, -0.15) is 0 Å². The first-order valence-corrected chi connectivity index (χ1v) is 11.3. The molecule has 1 amide bonds. The third-order valence-corrected chi connectivity index (χ3v) is 6.37. The van der Waals surface area contributed by atoms with E-state index in [1.807, 2.05) is 24.3 Å². The molecule has 0 aliphatic carbocycles. The lowest BCUT2D eigenvalue weighted by Crippen LogP contribution is -2.27. The SMILES string of the molecule is O=C1NCc2cccc(c2)CO1.OCC1Cc2cc(C(O)(O)c3ccccc3)c(Cl)c(Cl)c2O1. The number of rotatable bonds is 3. The quantitative estimate of drug-likeness (QED) is 0.403. The summed E-state index contributed by atoms with van der Waals surface area (Å²) in [6, 6.07) is 17.8. The van der Waals surface area contributed by atoms with Gasteiger partial charge in [0, 0.05) is 29.7 Å². The molecule has 7 nitrogen and oxygen atoms in total. The Bertz CT molecular complexity index is 1160. The Balaban J connectivity index is 0.000000192. The number of ether oxygens (including phenoxy) is 2. The largest absolute Gasteiger partial charge is 0.486 e. The van der Waals surface area contributed by atoms with Crippen molar-refractivity contribution in [3.05, 3.63) is 98.5 Å². The van der Waals surface area contributed by atoms with Gasteiger partial charge in [0.1, 0.15) is 23.5 Å². The molecule has 2 aliphatic heterocycles. The molecule has 2 aliphatic rings. The minimum Gasteiger partial charge on any atom is -0.486 e. The maximum atomic E-state index is 10.9. The van der Waals surface area contributed by atoms with Gasteiger partial charge in [-0.3, -0.25) is 0 Å². The molecule has 9 heteroatoms. The van der Waals surface area contributed by atoms with Crippen molar-refractivity contribution < 1.29 is 29.6 Å². The molecule has 3 aromatic rings. The van der Waals surface area contributed by atoms with Crippen LogP contribution in [0.2, 0.25) is 10.0 Å². The van der Waals surface area contributed by atoms with Gasteiger partial charge in [-0.15, -0.1) is 0 Å². The number of halogens is 2. The van der Waals surface area contributed by atoms with Crippen molar-refractivity contribution in [2.45, 2.75) is 31.5 Å². The Morgan fingerprint density at radius 2 is 1.74 bits per heavy atom. The van der Waals surface area contributed by atoms with Crippen LogP contribution >= 0.6 is 23.2 Å². The van der Waals surface area contributed by atoms with E-state index in [-0.39, 0.29) is 33.9 Å². The van der Waals surface area contributed by atoms with Gasteiger partial charge in [0.2, 0.25) is 5.79 Å². The monoisotopic (exact) mass is 503 g/mol. The summed E-state index contributed by atoms with van der Waals surface area (Å²) in [6.07, 6.45) is -0.315. The van der Waals surface area contributed by atoms with Gasteiger partial charge < -0.3 is 30.1 Å². The second-order valence-electron chi connectivity index (χ2n) is 7.95. The van der Waals surface area contributed by atoms with Gasteiger partial charge in [-0.1, -0.05) is 77.8 Å². The third-order valence-electron chi connectivity index (χ3n) is 5.52. The van der Waals surface area contributed by atoms with E-state index < -0.39 is 11.9 Å². The highest BCUT2D eigenvalue weighted by molar-refractivity contribution is 6.43. The van der Waals surface area contributed by atoms with Crippen molar-refractivity contribution in [2.24, 2.45) is 0 Å². The van der Waals surface area contributed by atoms with Crippen LogP contribution in [-0.2, 0) is 30.1 Å². The summed E-state index contributed by atoms with van der Waals surface area (Å²) in [5.74, 6) is -1.88. The van der Waals surface area contributed by atoms with Crippen molar-refractivity contribution >= 4 is 29.3 Å². The molecule has 2 heterocycles. The van der Waals surface area contributed by atoms with Crippen LogP contribution in [0.15, 0.2) is 60.7 Å². The average Bonchev–Trinajstić information content (AvgIpc) is 3.28. The lowest BCUT2D eigenvalue weighted by molar-refractivity contribution is -0.132. The first-order chi connectivity index (χ1) is 16.3. The molecule has 0 spiro atoms. The van der Waals surface area contributed by atoms with Crippen LogP contribution in [0.1, 0.15) is 27.8 Å². The Morgan fingerprint density at radius 3 is 2.47 bits per heavy atom. The fourth-order valence-corrected chi connectivity index (χ4v) is 4.32. The minimum absolute atomic E-state index is 0.0212. The van der Waals surface area contributed by atoms with E-state index in [2.05, 4.69) is 5.32 Å². The lowest BCUT2D eigenvalue weighted by Gasteiger charge is -2.25. The van der Waals surface area contributed by atoms with E-state index in [4.69, 9.17) is 32.7 Å². The number of fused-ring (bicyclic) bond motifs is 3. The predicted molar refractivity (Wildman–Crippen MR) is 127 cm³/mol. The van der Waals surface area contributed by atoms with Gasteiger partial charge in [0.05, 0.1) is 11.6 Å². The second kappa shape index (κ2) is 10.2. The smallest absolute Gasteiger partial charge is 0.407 e. The summed E-state index contributed by atoms with van der Waals surface area (Å²) >= 11 is 12.4. The molecule has 0 saturated carbocycles. The lowest BCUT2D eigenvalue weighted by atomic mass is 9.95. The molecule has 5 rings (SSSR count). The summed E-state index contributed by atoms with van der Waals surface area (Å²) in [5, 5.41) is 33.1. The van der Waals surface area contributed by atoms with Crippen LogP contribution in [-0.4, -0.2) is 34.1 Å². The molecule has 0 saturated heterocycles. The van der Waals surface area contributed by atoms with Crippen LogP contribution < -0.4 is 10.1 Å². The van der Waals surface area contributed by atoms with Gasteiger partial charge in [-0.05, 0) is 17.2 Å². The van der Waals surface area contributed by atoms with Crippen LogP contribution in [0, 0.1) is 0 Å². The van der Waals surface area contributed by atoms with E-state index in [1.165, 1.54) is 0 Å². The van der Waals surface area contributed by atoms with Crippen molar-refractivity contribution in [3.8, 4) is 5.75 Å². The molecule has 0 radical (unpaired) electrons. The van der Waals surface area contributed by atoms with Gasteiger partial charge in [0.25, 0.3) is 0 Å². The maximum absolute atomic E-state index is 10.9. The van der Waals surface area contributed by atoms with Crippen molar-refractivity contribution in [1.82, 2.24) is 5.32 Å². The number of nitrogens with one attached hydrogen (secondary N) is 1. The first kappa shape index (κ1) is 24.3. The molecule has 1 atom stereocenters. The molecule has 0 aromatic heterocycles. The second-order valence-corrected chi connectivity index (χ2v) is 8.71. The Hall–Kier alpha value is -2.81. The van der Waals surface area contributed by atoms with E-state index >= 15 is 0 Å². The summed E-state index contributed by atoms with van der Waals surface area (Å²) in [7, 11) is 0. The number of alkyl carbamates (subject to hydrolysis) is 1. The average molecular weight is 504 g/mol. The highest BCUT2D eigenvalue weighted by Gasteiger charge is 2.36. The number of carbonyl (C=O) groups excluding carboxylic acids is 1. The minimum atomic E-state index is -2.27. The normalized spacial score (nSPS) is 16.6. The third kappa shape index (κ3) is 5.14. The van der Waals surface area contributed by atoms with Crippen LogP contribution in [0.25, 0.3) is 0 Å². The zero-order valence-corrected chi connectivity index (χ0v) is 19.5. The van der Waals surface area contributed by atoms with Gasteiger partial charge >= 0.3 is 6.09 Å². The number of aliphatic hydroxyl groups excluding tert-OH is 1. The van der Waals surface area contributed by atoms with Crippen LogP contribution in [0.3, 0.4) is 0 Å². The molecule has 34 heavy (non-hydrogen) atoms. The van der Waals surface area contributed by atoms with Gasteiger partial charge in [-0.25, -0.2) is 4.79 Å². The van der Waals surface area contributed by atoms with Crippen molar-refractivity contribution in [2.75, 3.05) is 6.61 Å². The van der Waals surface area contributed by atoms with Crippen LogP contribution in [0.4, 0.5) is 4.79 Å². The number of hydrogen-bond acceptors (Lipinski definition) is 6. The zero-order valence-electron chi connectivity index (χ0n) is 18.0. The molecular formula is C25H23Cl2NO6. The van der Waals surface area contributed by atoms with E-state index in [0.29, 0.717) is 30.9 Å². The Morgan fingerprint density at radius 1 is 1.00 bits per heavy atom. The topological polar surface area (TPSA) is 108 Å². The number of aliphatic hydroxyl groups is 3. The molecule has 178 valence electrons. The summed E-state index contributed by atoms with van der Waals surface area (Å²) in [6.45, 7) is 0.756. The molecule has 3 aromatic carbocycles. The number of cyclic esters (lactones) is 1. The molecule has 2 bridgehead atoms. The fourth-order valence-electron chi connectivity index (χ4n) is 3.78. The standard InChI is InChI=1S/C16H14Cl2O4.C9H9NO2/c17-13-12(16(20,21)10-4-2-1-3-5-10)7-9-6-11(8-19)22-15(9)14(13)18;11-9-10-5-7-2-1-3-8(4-7)6-12-9/h1-5,7,11,19-21H,6,8H2;1-4H,5-6H2,(H,10,11). The number of amides is 1. The summed E-state index contributed by atoms with van der Waals surface area (Å²) in [4.78, 5) is 10.9. The number of benzene rings is 3. The summed E-state index contributed by atoms with van der Waals surface area (Å²) < 4.78 is 10.4. The van der Waals surface area contributed by atoms with Crippen molar-refractivity contribution in [3.63, 3.8) is 0 Å². The zero-order chi connectivity index (χ0) is 24.3. The Labute approximate surface area is 206 Å². The highest BCUT2D eigenvalue weighted by Crippen LogP contribution is 2.45. The molecular weight excluding hydrogens is 481 g/mol. The predicted octanol–water partition coefficient (Wildman–Crippen LogP) is 3.90. The van der Waals surface area contributed by atoms with E-state index in [9.17, 15) is 20.1 Å². The number of hydrogen-bond donors (Lipinski definition) is 4. The molecule has 4 N–H and O–H groups in total. The molecule has 0 fully saturated rings. The van der Waals surface area contributed by atoms with Gasteiger partial charge in [0.15, 0.2) is 0 Å². The van der Waals surface area contributed by atoms with E-state index in [0.717, 1.165) is 11.1 Å². The first-order valence-electron chi connectivity index (χ1n) is 10.6. The summed E-state index contributed by atoms with van der Waals surface area (Å²) in [5.41, 5.74) is 3.22. The fraction of sp³-hybridized carbons (Fsp3) is 0.240. The van der Waals surface area contributed by atoms with Crippen LogP contribution in [0.5, 0.6) is 5.75 Å². The Kier molecular flexibility index (Phi) is 7.30. The maximum Gasteiger partial charge on any atom is 0.407 e. The highest BCUT2D eigenvalue weighted by atomic mass is 35.5.